The fourth-order valence-electron chi connectivity index (χ4n) is 1.50. The van der Waals surface area contributed by atoms with Gasteiger partial charge in [0.1, 0.15) is 6.61 Å². The molecule has 0 atom stereocenters. The largest absolute Gasteiger partial charge is 0.480 e. The summed E-state index contributed by atoms with van der Waals surface area (Å²) in [5.74, 6) is -1.68. The van der Waals surface area contributed by atoms with Crippen LogP contribution in [0.15, 0.2) is 24.3 Å². The van der Waals surface area contributed by atoms with Crippen LogP contribution in [-0.4, -0.2) is 50.9 Å². The maximum atomic E-state index is 12.0. The van der Waals surface area contributed by atoms with Crippen molar-refractivity contribution in [3.8, 4) is 0 Å². The Bertz CT molecular complexity index is 629. The van der Waals surface area contributed by atoms with Gasteiger partial charge in [-0.2, -0.15) is 0 Å². The summed E-state index contributed by atoms with van der Waals surface area (Å²) in [6, 6.07) is 6.20. The molecule has 22 heavy (non-hydrogen) atoms. The van der Waals surface area contributed by atoms with Gasteiger partial charge in [-0.05, 0) is 19.1 Å². The van der Waals surface area contributed by atoms with E-state index in [0.717, 1.165) is 0 Å². The number of benzene rings is 1. The molecule has 0 spiro atoms. The van der Waals surface area contributed by atoms with Gasteiger partial charge in [-0.1, -0.05) is 12.1 Å². The third-order valence-electron chi connectivity index (χ3n) is 2.57. The molecule has 0 fully saturated rings. The molecule has 8 nitrogen and oxygen atoms in total. The molecule has 0 aliphatic rings. The number of carbonyl (C=O) groups excluding carboxylic acids is 1. The minimum atomic E-state index is -3.49. The van der Waals surface area contributed by atoms with E-state index in [9.17, 15) is 18.0 Å². The molecule has 0 radical (unpaired) electrons. The summed E-state index contributed by atoms with van der Waals surface area (Å²) in [6.45, 7) is 1.20. The van der Waals surface area contributed by atoms with Gasteiger partial charge in [-0.15, -0.1) is 0 Å². The zero-order chi connectivity index (χ0) is 16.6. The Morgan fingerprint density at radius 2 is 1.95 bits per heavy atom. The van der Waals surface area contributed by atoms with Crippen molar-refractivity contribution in [2.75, 3.05) is 30.2 Å². The van der Waals surface area contributed by atoms with Gasteiger partial charge >= 0.3 is 5.97 Å². The number of hydrogen-bond acceptors (Lipinski definition) is 5. The predicted octanol–water partition coefficient (Wildman–Crippen LogP) is 0.279. The van der Waals surface area contributed by atoms with Gasteiger partial charge in [0.25, 0.3) is 5.91 Å². The molecule has 3 N–H and O–H groups in total. The van der Waals surface area contributed by atoms with Crippen LogP contribution in [0.3, 0.4) is 0 Å². The minimum Gasteiger partial charge on any atom is -0.480 e. The monoisotopic (exact) mass is 330 g/mol. The number of anilines is 1. The average molecular weight is 330 g/mol. The molecule has 122 valence electrons. The van der Waals surface area contributed by atoms with Gasteiger partial charge in [0.2, 0.25) is 10.0 Å². The van der Waals surface area contributed by atoms with Crippen LogP contribution in [0, 0.1) is 0 Å². The number of carboxylic acid groups (broad SMARTS) is 1. The highest BCUT2D eigenvalue weighted by Crippen LogP contribution is 2.16. The van der Waals surface area contributed by atoms with E-state index in [1.165, 1.54) is 19.1 Å². The summed E-state index contributed by atoms with van der Waals surface area (Å²) in [4.78, 5) is 22.3. The zero-order valence-electron chi connectivity index (χ0n) is 12.0. The summed E-state index contributed by atoms with van der Waals surface area (Å²) in [7, 11) is -3.49. The number of hydrogen-bond donors (Lipinski definition) is 3. The molecular weight excluding hydrogens is 312 g/mol. The van der Waals surface area contributed by atoms with Crippen molar-refractivity contribution in [1.82, 2.24) is 5.32 Å². The number of para-hydroxylation sites is 1. The first-order valence-electron chi connectivity index (χ1n) is 6.53. The number of carbonyl (C=O) groups is 2. The molecule has 1 aromatic rings. The van der Waals surface area contributed by atoms with E-state index in [-0.39, 0.29) is 30.2 Å². The number of aliphatic carboxylic acids is 1. The Morgan fingerprint density at radius 1 is 1.27 bits per heavy atom. The molecule has 9 heteroatoms. The highest BCUT2D eigenvalue weighted by Gasteiger charge is 2.14. The topological polar surface area (TPSA) is 122 Å². The number of nitrogens with one attached hydrogen (secondary N) is 2. The fourth-order valence-corrected chi connectivity index (χ4v) is 2.16. The van der Waals surface area contributed by atoms with Gasteiger partial charge in [-0.25, -0.2) is 13.2 Å². The third-order valence-corrected chi connectivity index (χ3v) is 3.87. The van der Waals surface area contributed by atoms with Crippen molar-refractivity contribution < 1.29 is 27.9 Å². The number of amides is 1. The zero-order valence-corrected chi connectivity index (χ0v) is 12.9. The first-order chi connectivity index (χ1) is 10.4. The SMILES string of the molecule is CCS(=O)(=O)Nc1ccccc1C(=O)NCCOCC(=O)O. The smallest absolute Gasteiger partial charge is 0.329 e. The van der Waals surface area contributed by atoms with Crippen molar-refractivity contribution in [3.63, 3.8) is 0 Å². The van der Waals surface area contributed by atoms with E-state index in [0.29, 0.717) is 0 Å². The molecule has 1 amide bonds. The second-order valence-corrected chi connectivity index (χ2v) is 6.26. The molecule has 0 heterocycles. The Balaban J connectivity index is 2.64. The lowest BCUT2D eigenvalue weighted by atomic mass is 10.2. The molecule has 1 aromatic carbocycles. The summed E-state index contributed by atoms with van der Waals surface area (Å²) in [5.41, 5.74) is 0.367. The standard InChI is InChI=1S/C13H18N2O6S/c1-2-22(19,20)15-11-6-4-3-5-10(11)13(18)14-7-8-21-9-12(16)17/h3-6,15H,2,7-9H2,1H3,(H,14,18)(H,16,17). The van der Waals surface area contributed by atoms with Crippen molar-refractivity contribution >= 4 is 27.6 Å². The van der Waals surface area contributed by atoms with Crippen molar-refractivity contribution in [2.24, 2.45) is 0 Å². The molecule has 0 aliphatic carbocycles. The maximum absolute atomic E-state index is 12.0. The van der Waals surface area contributed by atoms with Gasteiger partial charge in [0, 0.05) is 6.54 Å². The normalized spacial score (nSPS) is 11.0. The Kier molecular flexibility index (Phi) is 6.80. The molecule has 0 aliphatic heterocycles. The lowest BCUT2D eigenvalue weighted by Gasteiger charge is -2.11. The van der Waals surface area contributed by atoms with Crippen molar-refractivity contribution in [3.05, 3.63) is 29.8 Å². The van der Waals surface area contributed by atoms with E-state index in [4.69, 9.17) is 9.84 Å². The van der Waals surface area contributed by atoms with E-state index < -0.39 is 28.5 Å². The highest BCUT2D eigenvalue weighted by atomic mass is 32.2. The summed E-state index contributed by atoms with van der Waals surface area (Å²) < 4.78 is 30.3. The third kappa shape index (κ3) is 6.10. The van der Waals surface area contributed by atoms with Crippen LogP contribution in [0.1, 0.15) is 17.3 Å². The van der Waals surface area contributed by atoms with Gasteiger partial charge in [-0.3, -0.25) is 9.52 Å². The van der Waals surface area contributed by atoms with Crippen LogP contribution in [-0.2, 0) is 19.6 Å². The summed E-state index contributed by atoms with van der Waals surface area (Å²) in [5, 5.41) is 10.9. The Morgan fingerprint density at radius 3 is 2.59 bits per heavy atom. The first-order valence-corrected chi connectivity index (χ1v) is 8.18. The number of carboxylic acids is 1. The predicted molar refractivity (Wildman–Crippen MR) is 80.3 cm³/mol. The van der Waals surface area contributed by atoms with Crippen molar-refractivity contribution in [1.29, 1.82) is 0 Å². The number of sulfonamides is 1. The van der Waals surface area contributed by atoms with Crippen LogP contribution in [0.4, 0.5) is 5.69 Å². The molecular formula is C13H18N2O6S. The summed E-state index contributed by atoms with van der Waals surface area (Å²) in [6.07, 6.45) is 0. The van der Waals surface area contributed by atoms with Crippen LogP contribution in [0.5, 0.6) is 0 Å². The second kappa shape index (κ2) is 8.35. The van der Waals surface area contributed by atoms with E-state index >= 15 is 0 Å². The first kappa shape index (κ1) is 17.9. The quantitative estimate of drug-likeness (QED) is 0.559. The molecule has 1 rings (SSSR count). The lowest BCUT2D eigenvalue weighted by molar-refractivity contribution is -0.142. The number of rotatable bonds is 9. The van der Waals surface area contributed by atoms with E-state index in [2.05, 4.69) is 10.0 Å². The molecule has 0 saturated heterocycles. The molecule has 0 saturated carbocycles. The van der Waals surface area contributed by atoms with Crippen molar-refractivity contribution in [2.45, 2.75) is 6.92 Å². The lowest BCUT2D eigenvalue weighted by Crippen LogP contribution is -2.29. The van der Waals surface area contributed by atoms with Crippen LogP contribution >= 0.6 is 0 Å². The van der Waals surface area contributed by atoms with Crippen LogP contribution in [0.2, 0.25) is 0 Å². The van der Waals surface area contributed by atoms with Crippen LogP contribution in [0.25, 0.3) is 0 Å². The number of ether oxygens (including phenoxy) is 1. The van der Waals surface area contributed by atoms with Gasteiger partial charge in [0.15, 0.2) is 0 Å². The Labute approximate surface area is 128 Å². The second-order valence-electron chi connectivity index (χ2n) is 4.25. The Hall–Kier alpha value is -2.13. The van der Waals surface area contributed by atoms with Gasteiger partial charge < -0.3 is 15.2 Å². The fraction of sp³-hybridized carbons (Fsp3) is 0.385. The maximum Gasteiger partial charge on any atom is 0.329 e. The average Bonchev–Trinajstić information content (AvgIpc) is 2.46. The molecule has 0 unspecified atom stereocenters. The molecule has 0 aromatic heterocycles. The van der Waals surface area contributed by atoms with E-state index in [1.54, 1.807) is 12.1 Å². The van der Waals surface area contributed by atoms with Crippen LogP contribution < -0.4 is 10.0 Å². The summed E-state index contributed by atoms with van der Waals surface area (Å²) >= 11 is 0. The highest BCUT2D eigenvalue weighted by molar-refractivity contribution is 7.92. The molecule has 0 bridgehead atoms. The van der Waals surface area contributed by atoms with Gasteiger partial charge in [0.05, 0.1) is 23.6 Å². The minimum absolute atomic E-state index is 0.0426. The van der Waals surface area contributed by atoms with E-state index in [1.807, 2.05) is 0 Å².